The first kappa shape index (κ1) is 21.9. The van der Waals surface area contributed by atoms with Gasteiger partial charge in [-0.25, -0.2) is 0 Å². The number of rotatable bonds is 9. The first-order chi connectivity index (χ1) is 10.7. The number of ether oxygens (including phenoxy) is 2. The summed E-state index contributed by atoms with van der Waals surface area (Å²) < 4.78 is 9.60. The zero-order valence-electron chi connectivity index (χ0n) is 13.5. The zero-order chi connectivity index (χ0) is 18.0. The molecule has 2 amide bonds. The van der Waals surface area contributed by atoms with Gasteiger partial charge in [-0.15, -0.1) is 0 Å². The van der Waals surface area contributed by atoms with Crippen LogP contribution < -0.4 is 10.6 Å². The van der Waals surface area contributed by atoms with Crippen molar-refractivity contribution in [3.63, 3.8) is 0 Å². The van der Waals surface area contributed by atoms with Crippen LogP contribution in [0.5, 0.6) is 0 Å². The molecule has 0 aromatic heterocycles. The van der Waals surface area contributed by atoms with E-state index < -0.39 is 35.6 Å². The van der Waals surface area contributed by atoms with Crippen molar-refractivity contribution in [3.05, 3.63) is 0 Å². The minimum atomic E-state index is -1.60. The number of esters is 2. The van der Waals surface area contributed by atoms with E-state index in [1.165, 1.54) is 21.0 Å². The Morgan fingerprint density at radius 2 is 1.43 bits per heavy atom. The standard InChI is InChI=1S/C13H22N2O6Se2/c1-5-21-13(19)11(15-9(3)17)7-23(22)6-10(12(18)20-4)14-8(2)16/h10-11H,5-7H2,1-4H3,(H,14,16)(H,15,17)/t10?,11-,23?/m0/s1. The summed E-state index contributed by atoms with van der Waals surface area (Å²) in [6.45, 7) is 4.51. The van der Waals surface area contributed by atoms with Gasteiger partial charge < -0.3 is 0 Å². The number of amides is 2. The van der Waals surface area contributed by atoms with Crippen LogP contribution in [0.4, 0.5) is 0 Å². The van der Waals surface area contributed by atoms with Gasteiger partial charge in [0.15, 0.2) is 0 Å². The van der Waals surface area contributed by atoms with Gasteiger partial charge in [-0.2, -0.15) is 0 Å². The van der Waals surface area contributed by atoms with Crippen molar-refractivity contribution in [2.75, 3.05) is 13.7 Å². The normalized spacial score (nSPS) is 14.1. The van der Waals surface area contributed by atoms with Gasteiger partial charge in [0, 0.05) is 0 Å². The molecule has 10 heteroatoms. The maximum atomic E-state index is 11.9. The average molecular weight is 460 g/mol. The summed E-state index contributed by atoms with van der Waals surface area (Å²) in [5, 5.41) is 5.77. The van der Waals surface area contributed by atoms with Crippen LogP contribution in [0.2, 0.25) is 10.6 Å². The Morgan fingerprint density at radius 3 is 1.78 bits per heavy atom. The molecule has 0 aliphatic carbocycles. The van der Waals surface area contributed by atoms with Crippen molar-refractivity contribution in [1.29, 1.82) is 0 Å². The van der Waals surface area contributed by atoms with Crippen molar-refractivity contribution >= 4 is 48.9 Å². The fourth-order valence-corrected chi connectivity index (χ4v) is 7.39. The van der Waals surface area contributed by atoms with E-state index in [0.717, 1.165) is 0 Å². The molecule has 0 aromatic carbocycles. The van der Waals surface area contributed by atoms with Crippen LogP contribution in [-0.4, -0.2) is 74.7 Å². The van der Waals surface area contributed by atoms with Crippen LogP contribution in [0.25, 0.3) is 0 Å². The first-order valence-electron chi connectivity index (χ1n) is 6.84. The molecule has 0 fully saturated rings. The quantitative estimate of drug-likeness (QED) is 0.334. The minimum absolute atomic E-state index is 0.212. The van der Waals surface area contributed by atoms with Crippen LogP contribution >= 0.6 is 0 Å². The number of methoxy groups -OCH3 is 1. The van der Waals surface area contributed by atoms with Crippen molar-refractivity contribution in [2.45, 2.75) is 43.5 Å². The van der Waals surface area contributed by atoms with E-state index in [4.69, 9.17) is 4.74 Å². The molecule has 0 saturated carbocycles. The molecule has 0 spiro atoms. The van der Waals surface area contributed by atoms with Gasteiger partial charge in [-0.3, -0.25) is 0 Å². The predicted molar refractivity (Wildman–Crippen MR) is 85.0 cm³/mol. The zero-order valence-corrected chi connectivity index (χ0v) is 17.0. The Hall–Kier alpha value is -1.08. The molecular formula is C13H22N2O6Se2. The van der Waals surface area contributed by atoms with E-state index in [-0.39, 0.29) is 18.4 Å². The summed E-state index contributed by atoms with van der Waals surface area (Å²) in [6, 6.07) is -1.54. The predicted octanol–water partition coefficient (Wildman–Crippen LogP) is -1.11. The molecule has 23 heavy (non-hydrogen) atoms. The fourth-order valence-electron chi connectivity index (χ4n) is 1.65. The monoisotopic (exact) mass is 462 g/mol. The second-order valence-corrected chi connectivity index (χ2v) is 12.9. The van der Waals surface area contributed by atoms with Crippen LogP contribution in [0.15, 0.2) is 0 Å². The van der Waals surface area contributed by atoms with E-state index in [1.807, 2.05) is 0 Å². The third-order valence-electron chi connectivity index (χ3n) is 2.52. The second kappa shape index (κ2) is 11.5. The molecule has 0 rings (SSSR count). The number of hydrogen-bond acceptors (Lipinski definition) is 6. The van der Waals surface area contributed by atoms with E-state index in [1.54, 1.807) is 6.92 Å². The molecule has 0 aromatic rings. The third-order valence-corrected chi connectivity index (χ3v) is 8.44. The van der Waals surface area contributed by atoms with Gasteiger partial charge in [0.05, 0.1) is 0 Å². The second-order valence-electron chi connectivity index (χ2n) is 4.55. The summed E-state index contributed by atoms with van der Waals surface area (Å²) in [6.07, 6.45) is 0. The van der Waals surface area contributed by atoms with Gasteiger partial charge in [0.2, 0.25) is 0 Å². The molecule has 2 unspecified atom stereocenters. The number of carbonyl (C=O) groups excluding carboxylic acids is 4. The summed E-state index contributed by atoms with van der Waals surface area (Å²) in [4.78, 5) is 46.0. The fraction of sp³-hybridized carbons (Fsp3) is 0.692. The van der Waals surface area contributed by atoms with Crippen molar-refractivity contribution in [1.82, 2.24) is 10.6 Å². The van der Waals surface area contributed by atoms with E-state index >= 15 is 0 Å². The Bertz CT molecular complexity index is 483. The van der Waals surface area contributed by atoms with Crippen molar-refractivity contribution < 1.29 is 28.7 Å². The molecule has 0 radical (unpaired) electrons. The number of hydrogen-bond donors (Lipinski definition) is 2. The van der Waals surface area contributed by atoms with Gasteiger partial charge in [-0.1, -0.05) is 0 Å². The van der Waals surface area contributed by atoms with E-state index in [2.05, 4.69) is 29.0 Å². The topological polar surface area (TPSA) is 111 Å². The van der Waals surface area contributed by atoms with E-state index in [0.29, 0.717) is 10.6 Å². The van der Waals surface area contributed by atoms with Gasteiger partial charge in [-0.05, 0) is 0 Å². The molecule has 0 aliphatic heterocycles. The van der Waals surface area contributed by atoms with Gasteiger partial charge >= 0.3 is 145 Å². The summed E-state index contributed by atoms with van der Waals surface area (Å²) in [7, 11) is 1.24. The van der Waals surface area contributed by atoms with Crippen LogP contribution in [0.3, 0.4) is 0 Å². The summed E-state index contributed by atoms with van der Waals surface area (Å²) >= 11 is 1.37. The average Bonchev–Trinajstić information content (AvgIpc) is 2.44. The van der Waals surface area contributed by atoms with Gasteiger partial charge in [0.25, 0.3) is 0 Å². The van der Waals surface area contributed by atoms with Crippen LogP contribution in [0.1, 0.15) is 20.8 Å². The molecule has 0 aliphatic rings. The van der Waals surface area contributed by atoms with Crippen molar-refractivity contribution in [2.24, 2.45) is 0 Å². The summed E-state index contributed by atoms with van der Waals surface area (Å²) in [5.41, 5.74) is 0. The SMILES string of the molecule is CCOC(=O)[C@H](C[Se](=[Se])CC(NC(C)=O)C(=O)OC)NC(C)=O. The molecule has 132 valence electrons. The Labute approximate surface area is 145 Å². The molecule has 0 saturated heterocycles. The number of nitrogens with one attached hydrogen (secondary N) is 2. The van der Waals surface area contributed by atoms with Crippen LogP contribution in [-0.2, 0) is 28.7 Å². The first-order valence-corrected chi connectivity index (χ1v) is 13.6. The Balaban J connectivity index is 4.87. The molecular weight excluding hydrogens is 438 g/mol. The van der Waals surface area contributed by atoms with Crippen LogP contribution in [0, 0.1) is 0 Å². The maximum absolute atomic E-state index is 11.9. The number of carbonyl (C=O) groups is 4. The molecule has 8 nitrogen and oxygen atoms in total. The molecule has 2 N–H and O–H groups in total. The molecule has 0 bridgehead atoms. The van der Waals surface area contributed by atoms with Crippen molar-refractivity contribution in [3.8, 4) is 0 Å². The Kier molecular flexibility index (Phi) is 10.9. The Morgan fingerprint density at radius 1 is 1.00 bits per heavy atom. The molecule has 3 atom stereocenters. The van der Waals surface area contributed by atoms with E-state index in [9.17, 15) is 19.2 Å². The van der Waals surface area contributed by atoms with Gasteiger partial charge in [0.1, 0.15) is 0 Å². The molecule has 0 heterocycles. The summed E-state index contributed by atoms with van der Waals surface area (Å²) in [5.74, 6) is -1.74. The third kappa shape index (κ3) is 9.61.